The Morgan fingerprint density at radius 1 is 1.26 bits per heavy atom. The number of sulfone groups is 1. The number of nitrogens with zero attached hydrogens (tertiary/aromatic N) is 1. The van der Waals surface area contributed by atoms with Gasteiger partial charge in [0.1, 0.15) is 0 Å². The van der Waals surface area contributed by atoms with Crippen molar-refractivity contribution in [3.8, 4) is 0 Å². The molecule has 1 fully saturated rings. The van der Waals surface area contributed by atoms with E-state index >= 15 is 0 Å². The molecule has 4 nitrogen and oxygen atoms in total. The van der Waals surface area contributed by atoms with E-state index in [1.165, 1.54) is 0 Å². The molecule has 1 unspecified atom stereocenters. The maximum Gasteiger partial charge on any atom is 0.183 e. The van der Waals surface area contributed by atoms with Crippen LogP contribution in [0.1, 0.15) is 39.5 Å². The van der Waals surface area contributed by atoms with Gasteiger partial charge in [0.25, 0.3) is 0 Å². The molecule has 1 atom stereocenters. The molecule has 0 aromatic heterocycles. The summed E-state index contributed by atoms with van der Waals surface area (Å²) in [4.78, 5) is 2.81. The average molecular weight is 340 g/mol. The fourth-order valence-corrected chi connectivity index (χ4v) is 4.76. The molecule has 1 heterocycles. The highest BCUT2D eigenvalue weighted by Crippen LogP contribution is 2.29. The number of hydrogen-bond acceptors (Lipinski definition) is 4. The van der Waals surface area contributed by atoms with E-state index in [1.54, 1.807) is 31.4 Å². The van der Waals surface area contributed by atoms with Gasteiger partial charge in [0.05, 0.1) is 15.7 Å². The summed E-state index contributed by atoms with van der Waals surface area (Å²) in [6, 6.07) is 8.77. The van der Waals surface area contributed by atoms with Crippen LogP contribution in [-0.2, 0) is 14.6 Å². The van der Waals surface area contributed by atoms with E-state index < -0.39 is 14.6 Å². The Kier molecular flexibility index (Phi) is 6.23. The van der Waals surface area contributed by atoms with Gasteiger partial charge in [-0.3, -0.25) is 0 Å². The van der Waals surface area contributed by atoms with Crippen molar-refractivity contribution in [1.82, 2.24) is 4.90 Å². The molecular formula is C18H29NO3S. The quantitative estimate of drug-likeness (QED) is 0.766. The first-order valence-electron chi connectivity index (χ1n) is 8.41. The molecule has 1 aliphatic rings. The molecule has 0 bridgehead atoms. The van der Waals surface area contributed by atoms with Gasteiger partial charge in [-0.25, -0.2) is 8.42 Å². The van der Waals surface area contributed by atoms with Crippen molar-refractivity contribution in [2.24, 2.45) is 0 Å². The van der Waals surface area contributed by atoms with E-state index in [2.05, 4.69) is 4.90 Å². The lowest BCUT2D eigenvalue weighted by Crippen LogP contribution is -2.40. The van der Waals surface area contributed by atoms with Crippen LogP contribution in [0.2, 0.25) is 0 Å². The van der Waals surface area contributed by atoms with Gasteiger partial charge in [0.15, 0.2) is 9.84 Å². The van der Waals surface area contributed by atoms with Crippen LogP contribution in [0.4, 0.5) is 0 Å². The Hall–Kier alpha value is -0.910. The van der Waals surface area contributed by atoms with Crippen molar-refractivity contribution < 1.29 is 13.2 Å². The predicted octanol–water partition coefficient (Wildman–Crippen LogP) is 3.13. The minimum absolute atomic E-state index is 0.324. The third-order valence-corrected chi connectivity index (χ3v) is 7.38. The summed E-state index contributed by atoms with van der Waals surface area (Å²) in [6.07, 6.45) is 4.16. The van der Waals surface area contributed by atoms with E-state index in [4.69, 9.17) is 4.74 Å². The van der Waals surface area contributed by atoms with E-state index in [0.29, 0.717) is 17.4 Å². The van der Waals surface area contributed by atoms with Gasteiger partial charge in [-0.2, -0.15) is 0 Å². The number of methoxy groups -OCH3 is 1. The molecule has 1 aromatic rings. The molecule has 0 spiro atoms. The summed E-state index contributed by atoms with van der Waals surface area (Å²) >= 11 is 0. The molecule has 5 heteroatoms. The molecular weight excluding hydrogens is 310 g/mol. The number of piperidine rings is 1. The van der Waals surface area contributed by atoms with Crippen LogP contribution < -0.4 is 0 Å². The maximum atomic E-state index is 12.8. The van der Waals surface area contributed by atoms with Gasteiger partial charge < -0.3 is 9.64 Å². The lowest BCUT2D eigenvalue weighted by Gasteiger charge is -2.33. The minimum atomic E-state index is -3.30. The first kappa shape index (κ1) is 18.4. The number of rotatable bonds is 7. The van der Waals surface area contributed by atoms with Gasteiger partial charge in [-0.15, -0.1) is 0 Å². The monoisotopic (exact) mass is 339 g/mol. The van der Waals surface area contributed by atoms with Crippen molar-refractivity contribution in [1.29, 1.82) is 0 Å². The van der Waals surface area contributed by atoms with E-state index in [-0.39, 0.29) is 0 Å². The Morgan fingerprint density at radius 2 is 1.96 bits per heavy atom. The van der Waals surface area contributed by atoms with Crippen molar-refractivity contribution in [3.63, 3.8) is 0 Å². The summed E-state index contributed by atoms with van der Waals surface area (Å²) in [6.45, 7) is 6.66. The van der Waals surface area contributed by atoms with E-state index in [0.717, 1.165) is 38.9 Å². The maximum absolute atomic E-state index is 12.8. The van der Waals surface area contributed by atoms with Gasteiger partial charge in [0, 0.05) is 13.7 Å². The first-order valence-corrected chi connectivity index (χ1v) is 9.90. The van der Waals surface area contributed by atoms with Gasteiger partial charge in [-0.1, -0.05) is 18.2 Å². The zero-order chi connectivity index (χ0) is 16.9. The number of hydrogen-bond donors (Lipinski definition) is 0. The molecule has 130 valence electrons. The zero-order valence-corrected chi connectivity index (χ0v) is 15.3. The smallest absolute Gasteiger partial charge is 0.183 e. The topological polar surface area (TPSA) is 46.6 Å². The number of ether oxygens (including phenoxy) is 1. The molecule has 0 amide bonds. The van der Waals surface area contributed by atoms with Crippen LogP contribution in [0.15, 0.2) is 35.2 Å². The zero-order valence-electron chi connectivity index (χ0n) is 14.5. The Bertz CT molecular complexity index is 584. The van der Waals surface area contributed by atoms with Gasteiger partial charge in [-0.05, 0) is 64.8 Å². The van der Waals surface area contributed by atoms with Crippen molar-refractivity contribution >= 4 is 9.84 Å². The third kappa shape index (κ3) is 4.55. The van der Waals surface area contributed by atoms with Crippen molar-refractivity contribution in [2.75, 3.05) is 26.7 Å². The standard InChI is InChI=1S/C18H29NO3S/c1-18(2,23(20,21)17-10-5-4-6-11-17)12-8-14-19-13-7-9-16(15-19)22-3/h4-6,10-11,16H,7-9,12-15H2,1-3H3. The van der Waals surface area contributed by atoms with Crippen LogP contribution in [0.25, 0.3) is 0 Å². The van der Waals surface area contributed by atoms with Gasteiger partial charge >= 0.3 is 0 Å². The summed E-state index contributed by atoms with van der Waals surface area (Å²) in [5.41, 5.74) is 0. The minimum Gasteiger partial charge on any atom is -0.380 e. The number of benzene rings is 1. The van der Waals surface area contributed by atoms with E-state index in [9.17, 15) is 8.42 Å². The summed E-state index contributed by atoms with van der Waals surface area (Å²) in [7, 11) is -1.53. The van der Waals surface area contributed by atoms with Crippen LogP contribution in [0, 0.1) is 0 Å². The van der Waals surface area contributed by atoms with Crippen molar-refractivity contribution in [3.05, 3.63) is 30.3 Å². The average Bonchev–Trinajstić information content (AvgIpc) is 2.55. The highest BCUT2D eigenvalue weighted by Gasteiger charge is 2.35. The van der Waals surface area contributed by atoms with Crippen LogP contribution in [0.3, 0.4) is 0 Å². The SMILES string of the molecule is COC1CCCN(CCCC(C)(C)S(=O)(=O)c2ccccc2)C1. The van der Waals surface area contributed by atoms with Crippen molar-refractivity contribution in [2.45, 2.75) is 55.3 Å². The second kappa shape index (κ2) is 7.77. The summed E-state index contributed by atoms with van der Waals surface area (Å²) in [5, 5.41) is 0. The van der Waals surface area contributed by atoms with Crippen LogP contribution in [-0.4, -0.2) is 50.9 Å². The second-order valence-corrected chi connectivity index (χ2v) is 9.56. The first-order chi connectivity index (χ1) is 10.9. The fourth-order valence-electron chi connectivity index (χ4n) is 3.19. The number of likely N-dealkylation sites (tertiary alicyclic amines) is 1. The molecule has 0 radical (unpaired) electrons. The Morgan fingerprint density at radius 3 is 2.61 bits per heavy atom. The van der Waals surface area contributed by atoms with Crippen LogP contribution in [0.5, 0.6) is 0 Å². The molecule has 0 N–H and O–H groups in total. The normalized spacial score (nSPS) is 20.6. The molecule has 0 aliphatic carbocycles. The predicted molar refractivity (Wildman–Crippen MR) is 93.4 cm³/mol. The molecule has 2 rings (SSSR count). The fraction of sp³-hybridized carbons (Fsp3) is 0.667. The highest BCUT2D eigenvalue weighted by molar-refractivity contribution is 7.92. The molecule has 1 saturated heterocycles. The molecule has 1 aromatic carbocycles. The largest absolute Gasteiger partial charge is 0.380 e. The summed E-state index contributed by atoms with van der Waals surface area (Å²) in [5.74, 6) is 0. The Balaban J connectivity index is 1.91. The van der Waals surface area contributed by atoms with Gasteiger partial charge in [0.2, 0.25) is 0 Å². The molecule has 23 heavy (non-hydrogen) atoms. The summed E-state index contributed by atoms with van der Waals surface area (Å²) < 4.78 is 30.3. The highest BCUT2D eigenvalue weighted by atomic mass is 32.2. The lowest BCUT2D eigenvalue weighted by atomic mass is 10.0. The van der Waals surface area contributed by atoms with Crippen LogP contribution >= 0.6 is 0 Å². The second-order valence-electron chi connectivity index (χ2n) is 6.98. The molecule has 0 saturated carbocycles. The lowest BCUT2D eigenvalue weighted by molar-refractivity contribution is 0.0307. The Labute approximate surface area is 140 Å². The van der Waals surface area contributed by atoms with E-state index in [1.807, 2.05) is 19.9 Å². The molecule has 1 aliphatic heterocycles. The third-order valence-electron chi connectivity index (χ3n) is 4.83.